The summed E-state index contributed by atoms with van der Waals surface area (Å²) in [5.74, 6) is -2.06. The molecule has 20 heavy (non-hydrogen) atoms. The maximum atomic E-state index is 13.1. The number of carbonyl (C=O) groups excluding carboxylic acids is 1. The molecule has 0 heterocycles. The third kappa shape index (κ3) is 3.63. The first-order chi connectivity index (χ1) is 9.45. The van der Waals surface area contributed by atoms with Gasteiger partial charge in [-0.2, -0.15) is 0 Å². The van der Waals surface area contributed by atoms with Gasteiger partial charge in [-0.25, -0.2) is 8.78 Å². The van der Waals surface area contributed by atoms with E-state index in [1.54, 1.807) is 6.92 Å². The molecular formula is C15H12BrF2NO. The Bertz CT molecular complexity index is 625. The molecule has 0 fully saturated rings. The van der Waals surface area contributed by atoms with Crippen molar-refractivity contribution in [2.45, 2.75) is 13.0 Å². The molecule has 0 saturated heterocycles. The zero-order valence-corrected chi connectivity index (χ0v) is 12.2. The van der Waals surface area contributed by atoms with Crippen molar-refractivity contribution < 1.29 is 13.6 Å². The van der Waals surface area contributed by atoms with Crippen LogP contribution in [0.15, 0.2) is 46.9 Å². The minimum Gasteiger partial charge on any atom is -0.346 e. The number of carbonyl (C=O) groups is 1. The molecule has 0 bridgehead atoms. The molecule has 1 N–H and O–H groups in total. The largest absolute Gasteiger partial charge is 0.346 e. The number of amides is 1. The first kappa shape index (κ1) is 14.7. The van der Waals surface area contributed by atoms with Crippen molar-refractivity contribution in [3.8, 4) is 0 Å². The van der Waals surface area contributed by atoms with Crippen LogP contribution in [0.25, 0.3) is 0 Å². The Morgan fingerprint density at radius 1 is 1.15 bits per heavy atom. The normalized spacial score (nSPS) is 12.0. The molecule has 2 nitrogen and oxygen atoms in total. The summed E-state index contributed by atoms with van der Waals surface area (Å²) < 4.78 is 27.0. The van der Waals surface area contributed by atoms with Gasteiger partial charge in [0.25, 0.3) is 5.91 Å². The monoisotopic (exact) mass is 339 g/mol. The lowest BCUT2D eigenvalue weighted by atomic mass is 10.1. The maximum Gasteiger partial charge on any atom is 0.251 e. The SMILES string of the molecule is CC(NC(=O)c1cc(F)cc(F)c1)c1cccc(Br)c1. The summed E-state index contributed by atoms with van der Waals surface area (Å²) in [5, 5.41) is 2.70. The fraction of sp³-hybridized carbons (Fsp3) is 0.133. The lowest BCUT2D eigenvalue weighted by molar-refractivity contribution is 0.0939. The quantitative estimate of drug-likeness (QED) is 0.891. The highest BCUT2D eigenvalue weighted by molar-refractivity contribution is 9.10. The average Bonchev–Trinajstić information content (AvgIpc) is 2.37. The summed E-state index contributed by atoms with van der Waals surface area (Å²) in [5.41, 5.74) is 0.856. The van der Waals surface area contributed by atoms with E-state index in [1.807, 2.05) is 24.3 Å². The number of hydrogen-bond acceptors (Lipinski definition) is 1. The standard InChI is InChI=1S/C15H12BrF2NO/c1-9(10-3-2-4-12(16)5-10)19-15(20)11-6-13(17)8-14(18)7-11/h2-9H,1H3,(H,19,20). The van der Waals surface area contributed by atoms with Crippen LogP contribution in [-0.4, -0.2) is 5.91 Å². The summed E-state index contributed by atoms with van der Waals surface area (Å²) in [4.78, 5) is 12.0. The molecule has 0 spiro atoms. The molecule has 2 rings (SSSR count). The van der Waals surface area contributed by atoms with Gasteiger partial charge in [0.05, 0.1) is 6.04 Å². The lowest BCUT2D eigenvalue weighted by Crippen LogP contribution is -2.26. The fourth-order valence-electron chi connectivity index (χ4n) is 1.82. The van der Waals surface area contributed by atoms with E-state index in [-0.39, 0.29) is 11.6 Å². The summed E-state index contributed by atoms with van der Waals surface area (Å²) in [6.45, 7) is 1.80. The van der Waals surface area contributed by atoms with Crippen molar-refractivity contribution in [1.82, 2.24) is 5.32 Å². The van der Waals surface area contributed by atoms with Crippen molar-refractivity contribution >= 4 is 21.8 Å². The van der Waals surface area contributed by atoms with Crippen molar-refractivity contribution in [3.63, 3.8) is 0 Å². The van der Waals surface area contributed by atoms with Gasteiger partial charge >= 0.3 is 0 Å². The van der Waals surface area contributed by atoms with Gasteiger partial charge in [-0.15, -0.1) is 0 Å². The summed E-state index contributed by atoms with van der Waals surface area (Å²) >= 11 is 3.35. The second kappa shape index (κ2) is 6.13. The highest BCUT2D eigenvalue weighted by Gasteiger charge is 2.13. The van der Waals surface area contributed by atoms with Gasteiger partial charge in [0, 0.05) is 16.1 Å². The van der Waals surface area contributed by atoms with Crippen LogP contribution >= 0.6 is 15.9 Å². The Morgan fingerprint density at radius 2 is 1.80 bits per heavy atom. The minimum absolute atomic E-state index is 0.0376. The highest BCUT2D eigenvalue weighted by atomic mass is 79.9. The zero-order chi connectivity index (χ0) is 14.7. The van der Waals surface area contributed by atoms with Crippen LogP contribution in [0.5, 0.6) is 0 Å². The van der Waals surface area contributed by atoms with Gasteiger partial charge in [-0.3, -0.25) is 4.79 Å². The van der Waals surface area contributed by atoms with Gasteiger partial charge in [0.2, 0.25) is 0 Å². The molecule has 0 aromatic heterocycles. The Kier molecular flexibility index (Phi) is 4.49. The minimum atomic E-state index is -0.773. The first-order valence-corrected chi connectivity index (χ1v) is 6.77. The Balaban J connectivity index is 2.15. The molecule has 0 aliphatic carbocycles. The van der Waals surface area contributed by atoms with Crippen molar-refractivity contribution in [2.24, 2.45) is 0 Å². The molecule has 0 aliphatic rings. The maximum absolute atomic E-state index is 13.1. The molecule has 1 unspecified atom stereocenters. The molecule has 1 amide bonds. The Labute approximate surface area is 123 Å². The van der Waals surface area contributed by atoms with Gasteiger partial charge in [-0.1, -0.05) is 28.1 Å². The third-order valence-electron chi connectivity index (χ3n) is 2.82. The van der Waals surface area contributed by atoms with Crippen LogP contribution in [0.1, 0.15) is 28.9 Å². The second-order valence-electron chi connectivity index (χ2n) is 4.41. The van der Waals surface area contributed by atoms with Crippen molar-refractivity contribution in [1.29, 1.82) is 0 Å². The third-order valence-corrected chi connectivity index (χ3v) is 3.31. The fourth-order valence-corrected chi connectivity index (χ4v) is 2.24. The van der Waals surface area contributed by atoms with Gasteiger partial charge in [0.1, 0.15) is 11.6 Å². The van der Waals surface area contributed by atoms with E-state index < -0.39 is 17.5 Å². The van der Waals surface area contributed by atoms with Crippen LogP contribution in [0.4, 0.5) is 8.78 Å². The Morgan fingerprint density at radius 3 is 2.40 bits per heavy atom. The van der Waals surface area contributed by atoms with Crippen molar-refractivity contribution in [2.75, 3.05) is 0 Å². The van der Waals surface area contributed by atoms with Crippen LogP contribution < -0.4 is 5.32 Å². The molecule has 1 atom stereocenters. The van der Waals surface area contributed by atoms with Gasteiger partial charge < -0.3 is 5.32 Å². The molecule has 2 aromatic rings. The molecule has 5 heteroatoms. The summed E-state index contributed by atoms with van der Waals surface area (Å²) in [7, 11) is 0. The highest BCUT2D eigenvalue weighted by Crippen LogP contribution is 2.18. The number of hydrogen-bond donors (Lipinski definition) is 1. The average molecular weight is 340 g/mol. The topological polar surface area (TPSA) is 29.1 Å². The van der Waals surface area contributed by atoms with Gasteiger partial charge in [0.15, 0.2) is 0 Å². The predicted molar refractivity (Wildman–Crippen MR) is 76.4 cm³/mol. The zero-order valence-electron chi connectivity index (χ0n) is 10.7. The molecular weight excluding hydrogens is 328 g/mol. The predicted octanol–water partition coefficient (Wildman–Crippen LogP) is 4.22. The lowest BCUT2D eigenvalue weighted by Gasteiger charge is -2.14. The molecule has 2 aromatic carbocycles. The van der Waals surface area contributed by atoms with Crippen molar-refractivity contribution in [3.05, 3.63) is 69.7 Å². The number of benzene rings is 2. The number of halogens is 3. The number of nitrogens with one attached hydrogen (secondary N) is 1. The van der Waals surface area contributed by atoms with E-state index in [4.69, 9.17) is 0 Å². The van der Waals surface area contributed by atoms with E-state index in [9.17, 15) is 13.6 Å². The van der Waals surface area contributed by atoms with E-state index in [0.717, 1.165) is 28.2 Å². The summed E-state index contributed by atoms with van der Waals surface area (Å²) in [6, 6.07) is 9.93. The molecule has 0 aliphatic heterocycles. The van der Waals surface area contributed by atoms with E-state index >= 15 is 0 Å². The van der Waals surface area contributed by atoms with E-state index in [1.165, 1.54) is 0 Å². The summed E-state index contributed by atoms with van der Waals surface area (Å²) in [6.07, 6.45) is 0. The molecule has 0 saturated carbocycles. The molecule has 0 radical (unpaired) electrons. The van der Waals surface area contributed by atoms with E-state index in [2.05, 4.69) is 21.2 Å². The van der Waals surface area contributed by atoms with Crippen LogP contribution in [0.2, 0.25) is 0 Å². The first-order valence-electron chi connectivity index (χ1n) is 5.98. The van der Waals surface area contributed by atoms with Crippen LogP contribution in [-0.2, 0) is 0 Å². The number of rotatable bonds is 3. The smallest absolute Gasteiger partial charge is 0.251 e. The molecule has 104 valence electrons. The van der Waals surface area contributed by atoms with Crippen LogP contribution in [0.3, 0.4) is 0 Å². The second-order valence-corrected chi connectivity index (χ2v) is 5.32. The van der Waals surface area contributed by atoms with E-state index in [0.29, 0.717) is 0 Å². The Hall–Kier alpha value is -1.75. The van der Waals surface area contributed by atoms with Gasteiger partial charge in [-0.05, 0) is 36.8 Å². The van der Waals surface area contributed by atoms with Crippen LogP contribution in [0, 0.1) is 11.6 Å².